The Kier molecular flexibility index (Phi) is 4.38. The minimum absolute atomic E-state index is 0.153. The highest BCUT2D eigenvalue weighted by atomic mass is 35.5. The first-order valence-electron chi connectivity index (χ1n) is 6.08. The van der Waals surface area contributed by atoms with Crippen molar-refractivity contribution in [3.05, 3.63) is 59.0 Å². The van der Waals surface area contributed by atoms with Crippen molar-refractivity contribution in [2.45, 2.75) is 19.3 Å². The molecule has 0 bridgehead atoms. The third-order valence-corrected chi connectivity index (χ3v) is 3.28. The Morgan fingerprint density at radius 3 is 2.53 bits per heavy atom. The zero-order chi connectivity index (χ0) is 13.8. The number of nitrogens with zero attached hydrogens (tertiary/aromatic N) is 2. The van der Waals surface area contributed by atoms with Gasteiger partial charge in [0.25, 0.3) is 0 Å². The van der Waals surface area contributed by atoms with Crippen molar-refractivity contribution in [3.8, 4) is 0 Å². The molecule has 0 atom stereocenters. The summed E-state index contributed by atoms with van der Waals surface area (Å²) >= 11 is 5.70. The van der Waals surface area contributed by atoms with Crippen LogP contribution in [0.4, 0.5) is 10.2 Å². The van der Waals surface area contributed by atoms with Crippen LogP contribution in [0.5, 0.6) is 0 Å². The largest absolute Gasteiger partial charge is 0.353 e. The van der Waals surface area contributed by atoms with Gasteiger partial charge in [-0.05, 0) is 18.6 Å². The average molecular weight is 279 g/mol. The minimum atomic E-state index is -0.341. The van der Waals surface area contributed by atoms with Gasteiger partial charge in [0, 0.05) is 25.4 Å². The number of hydrogen-bond donors (Lipinski definition) is 0. The number of anilines is 1. The fourth-order valence-corrected chi connectivity index (χ4v) is 2.09. The molecule has 0 fully saturated rings. The molecule has 2 nitrogen and oxygen atoms in total. The molecule has 0 radical (unpaired) electrons. The summed E-state index contributed by atoms with van der Waals surface area (Å²) in [6.07, 6.45) is 1.59. The lowest BCUT2D eigenvalue weighted by molar-refractivity contribution is 0.604. The van der Waals surface area contributed by atoms with E-state index in [0.29, 0.717) is 17.9 Å². The van der Waals surface area contributed by atoms with Gasteiger partial charge < -0.3 is 4.90 Å². The SMILES string of the molecule is Cc1ccc(CN(C)c2nccc(CCl)c2F)cc1. The topological polar surface area (TPSA) is 16.1 Å². The Hall–Kier alpha value is -1.61. The number of rotatable bonds is 4. The van der Waals surface area contributed by atoms with Crippen LogP contribution in [0.25, 0.3) is 0 Å². The van der Waals surface area contributed by atoms with Gasteiger partial charge in [0.05, 0.1) is 5.88 Å². The van der Waals surface area contributed by atoms with Crippen LogP contribution in [0.1, 0.15) is 16.7 Å². The van der Waals surface area contributed by atoms with Gasteiger partial charge >= 0.3 is 0 Å². The molecule has 0 amide bonds. The Labute approximate surface area is 117 Å². The van der Waals surface area contributed by atoms with Gasteiger partial charge in [0.15, 0.2) is 11.6 Å². The molecule has 0 aliphatic rings. The zero-order valence-electron chi connectivity index (χ0n) is 11.0. The number of alkyl halides is 1. The third-order valence-electron chi connectivity index (χ3n) is 3.00. The van der Waals surface area contributed by atoms with E-state index in [-0.39, 0.29) is 11.7 Å². The third kappa shape index (κ3) is 3.24. The summed E-state index contributed by atoms with van der Waals surface area (Å²) in [6, 6.07) is 9.76. The number of benzene rings is 1. The van der Waals surface area contributed by atoms with Crippen molar-refractivity contribution in [1.29, 1.82) is 0 Å². The van der Waals surface area contributed by atoms with Gasteiger partial charge in [-0.3, -0.25) is 0 Å². The number of aryl methyl sites for hydroxylation is 1. The molecule has 2 rings (SSSR count). The molecule has 0 saturated carbocycles. The van der Waals surface area contributed by atoms with Crippen LogP contribution < -0.4 is 4.90 Å². The second-order valence-corrected chi connectivity index (χ2v) is 4.85. The Bertz CT molecular complexity index is 555. The van der Waals surface area contributed by atoms with Crippen molar-refractivity contribution in [1.82, 2.24) is 4.98 Å². The van der Waals surface area contributed by atoms with E-state index >= 15 is 0 Å². The summed E-state index contributed by atoms with van der Waals surface area (Å²) in [6.45, 7) is 2.65. The molecule has 2 aromatic rings. The van der Waals surface area contributed by atoms with E-state index in [2.05, 4.69) is 4.98 Å². The van der Waals surface area contributed by atoms with Crippen LogP contribution in [-0.2, 0) is 12.4 Å². The van der Waals surface area contributed by atoms with Crippen LogP contribution >= 0.6 is 11.6 Å². The molecule has 19 heavy (non-hydrogen) atoms. The number of halogens is 2. The van der Waals surface area contributed by atoms with Gasteiger partial charge in [-0.2, -0.15) is 0 Å². The van der Waals surface area contributed by atoms with E-state index in [1.54, 1.807) is 17.2 Å². The normalized spacial score (nSPS) is 10.5. The highest BCUT2D eigenvalue weighted by Gasteiger charge is 2.13. The van der Waals surface area contributed by atoms with Crippen LogP contribution in [0.2, 0.25) is 0 Å². The fourth-order valence-electron chi connectivity index (χ4n) is 1.88. The maximum atomic E-state index is 14.1. The molecule has 1 aromatic heterocycles. The molecule has 0 aliphatic heterocycles. The van der Waals surface area contributed by atoms with Gasteiger partial charge in [-0.25, -0.2) is 9.37 Å². The lowest BCUT2D eigenvalue weighted by atomic mass is 10.1. The van der Waals surface area contributed by atoms with Gasteiger partial charge in [-0.1, -0.05) is 29.8 Å². The van der Waals surface area contributed by atoms with Crippen molar-refractivity contribution in [2.24, 2.45) is 0 Å². The summed E-state index contributed by atoms with van der Waals surface area (Å²) in [5.41, 5.74) is 2.80. The first kappa shape index (κ1) is 13.8. The number of pyridine rings is 1. The summed E-state index contributed by atoms with van der Waals surface area (Å²) in [4.78, 5) is 5.88. The van der Waals surface area contributed by atoms with Gasteiger partial charge in [0.2, 0.25) is 0 Å². The summed E-state index contributed by atoms with van der Waals surface area (Å²) < 4.78 is 14.1. The van der Waals surface area contributed by atoms with Crippen LogP contribution in [0, 0.1) is 12.7 Å². The van der Waals surface area contributed by atoms with Crippen molar-refractivity contribution >= 4 is 17.4 Å². The lowest BCUT2D eigenvalue weighted by Crippen LogP contribution is -2.19. The first-order chi connectivity index (χ1) is 9.11. The average Bonchev–Trinajstić information content (AvgIpc) is 2.41. The highest BCUT2D eigenvalue weighted by Crippen LogP contribution is 2.21. The molecule has 0 spiro atoms. The van der Waals surface area contributed by atoms with Crippen molar-refractivity contribution in [3.63, 3.8) is 0 Å². The molecule has 0 aliphatic carbocycles. The standard InChI is InChI=1S/C15H16ClFN2/c1-11-3-5-12(6-4-11)10-19(2)15-14(17)13(9-16)7-8-18-15/h3-8H,9-10H2,1-2H3. The van der Waals surface area contributed by atoms with Crippen molar-refractivity contribution in [2.75, 3.05) is 11.9 Å². The zero-order valence-corrected chi connectivity index (χ0v) is 11.8. The molecule has 100 valence electrons. The monoisotopic (exact) mass is 278 g/mol. The van der Waals surface area contributed by atoms with E-state index in [1.165, 1.54) is 5.56 Å². The number of hydrogen-bond acceptors (Lipinski definition) is 2. The second kappa shape index (κ2) is 6.02. The second-order valence-electron chi connectivity index (χ2n) is 4.58. The quantitative estimate of drug-likeness (QED) is 0.789. The summed E-state index contributed by atoms with van der Waals surface area (Å²) in [5, 5.41) is 0. The van der Waals surface area contributed by atoms with E-state index < -0.39 is 0 Å². The van der Waals surface area contributed by atoms with Gasteiger partial charge in [0.1, 0.15) is 0 Å². The molecule has 4 heteroatoms. The molecular weight excluding hydrogens is 263 g/mol. The van der Waals surface area contributed by atoms with Crippen LogP contribution in [0.15, 0.2) is 36.5 Å². The predicted octanol–water partition coefficient (Wildman–Crippen LogP) is 3.90. The summed E-state index contributed by atoms with van der Waals surface area (Å²) in [5.74, 6) is 0.144. The molecule has 0 N–H and O–H groups in total. The van der Waals surface area contributed by atoms with Crippen LogP contribution in [-0.4, -0.2) is 12.0 Å². The summed E-state index contributed by atoms with van der Waals surface area (Å²) in [7, 11) is 1.82. The molecule has 0 saturated heterocycles. The Morgan fingerprint density at radius 1 is 1.21 bits per heavy atom. The van der Waals surface area contributed by atoms with Gasteiger partial charge in [-0.15, -0.1) is 11.6 Å². The molecule has 0 unspecified atom stereocenters. The Morgan fingerprint density at radius 2 is 1.89 bits per heavy atom. The van der Waals surface area contributed by atoms with E-state index in [0.717, 1.165) is 5.56 Å². The van der Waals surface area contributed by atoms with Crippen LogP contribution in [0.3, 0.4) is 0 Å². The first-order valence-corrected chi connectivity index (χ1v) is 6.61. The maximum Gasteiger partial charge on any atom is 0.170 e. The maximum absolute atomic E-state index is 14.1. The predicted molar refractivity (Wildman–Crippen MR) is 77.0 cm³/mol. The fraction of sp³-hybridized carbons (Fsp3) is 0.267. The molecule has 1 heterocycles. The highest BCUT2D eigenvalue weighted by molar-refractivity contribution is 6.17. The smallest absolute Gasteiger partial charge is 0.170 e. The van der Waals surface area contributed by atoms with E-state index in [9.17, 15) is 4.39 Å². The van der Waals surface area contributed by atoms with E-state index in [4.69, 9.17) is 11.6 Å². The van der Waals surface area contributed by atoms with Crippen molar-refractivity contribution < 1.29 is 4.39 Å². The molecule has 1 aromatic carbocycles. The lowest BCUT2D eigenvalue weighted by Gasteiger charge is -2.19. The minimum Gasteiger partial charge on any atom is -0.353 e. The number of aromatic nitrogens is 1. The molecular formula is C15H16ClFN2. The Balaban J connectivity index is 2.20. The van der Waals surface area contributed by atoms with E-state index in [1.807, 2.05) is 38.2 Å².